The van der Waals surface area contributed by atoms with E-state index in [1.807, 2.05) is 0 Å². The lowest BCUT2D eigenvalue weighted by molar-refractivity contribution is -0.0180. The molecule has 0 radical (unpaired) electrons. The van der Waals surface area contributed by atoms with Gasteiger partial charge >= 0.3 is 0 Å². The Morgan fingerprint density at radius 3 is 2.74 bits per heavy atom. The molecule has 0 amide bonds. The van der Waals surface area contributed by atoms with E-state index in [1.165, 1.54) is 12.0 Å². The Labute approximate surface area is 116 Å². The molecule has 0 aliphatic carbocycles. The monoisotopic (exact) mass is 262 g/mol. The molecular formula is C16H26N2O. The lowest BCUT2D eigenvalue weighted by atomic mass is 9.82. The number of nitrogens with zero attached hydrogens (tertiary/aromatic N) is 1. The summed E-state index contributed by atoms with van der Waals surface area (Å²) in [5.74, 6) is 0. The summed E-state index contributed by atoms with van der Waals surface area (Å²) in [7, 11) is 2.19. The van der Waals surface area contributed by atoms with Gasteiger partial charge in [0.15, 0.2) is 0 Å². The quantitative estimate of drug-likeness (QED) is 0.851. The minimum Gasteiger partial charge on any atom is -0.381 e. The van der Waals surface area contributed by atoms with Crippen LogP contribution in [0.25, 0.3) is 0 Å². The third-order valence-electron chi connectivity index (χ3n) is 4.07. The number of benzene rings is 1. The third kappa shape index (κ3) is 4.30. The Morgan fingerprint density at radius 2 is 2.11 bits per heavy atom. The maximum absolute atomic E-state index is 5.99. The van der Waals surface area contributed by atoms with Crippen LogP contribution >= 0.6 is 0 Å². The first kappa shape index (κ1) is 14.5. The fourth-order valence-electron chi connectivity index (χ4n) is 2.88. The van der Waals surface area contributed by atoms with E-state index in [9.17, 15) is 0 Å². The van der Waals surface area contributed by atoms with Crippen molar-refractivity contribution in [2.75, 3.05) is 39.9 Å². The molecule has 1 aromatic carbocycles. The summed E-state index contributed by atoms with van der Waals surface area (Å²) >= 11 is 0. The van der Waals surface area contributed by atoms with Crippen molar-refractivity contribution >= 4 is 0 Å². The van der Waals surface area contributed by atoms with Crippen molar-refractivity contribution in [3.8, 4) is 0 Å². The molecule has 1 aliphatic rings. The molecule has 0 aromatic heterocycles. The zero-order valence-corrected chi connectivity index (χ0v) is 12.0. The van der Waals surface area contributed by atoms with Crippen LogP contribution in [0.3, 0.4) is 0 Å². The lowest BCUT2D eigenvalue weighted by Gasteiger charge is -2.39. The van der Waals surface area contributed by atoms with Gasteiger partial charge in [-0.15, -0.1) is 0 Å². The number of ether oxygens (including phenoxy) is 1. The molecule has 1 atom stereocenters. The highest BCUT2D eigenvalue weighted by atomic mass is 16.5. The molecule has 106 valence electrons. The van der Waals surface area contributed by atoms with Crippen LogP contribution < -0.4 is 5.73 Å². The number of likely N-dealkylation sites (N-methyl/N-ethyl adjacent to an activating group) is 1. The Balaban J connectivity index is 1.81. The maximum atomic E-state index is 5.99. The van der Waals surface area contributed by atoms with Crippen LogP contribution in [-0.4, -0.2) is 44.8 Å². The highest BCUT2D eigenvalue weighted by Gasteiger charge is 2.32. The van der Waals surface area contributed by atoms with Gasteiger partial charge in [-0.25, -0.2) is 0 Å². The molecule has 0 saturated carbocycles. The van der Waals surface area contributed by atoms with Gasteiger partial charge in [0.2, 0.25) is 0 Å². The summed E-state index contributed by atoms with van der Waals surface area (Å²) in [6.07, 6.45) is 3.43. The second-order valence-electron chi connectivity index (χ2n) is 5.83. The van der Waals surface area contributed by atoms with E-state index in [-0.39, 0.29) is 5.41 Å². The molecule has 1 fully saturated rings. The Hall–Kier alpha value is -0.900. The number of nitrogens with two attached hydrogens (primary N) is 1. The summed E-state index contributed by atoms with van der Waals surface area (Å²) in [6.45, 7) is 4.55. The second kappa shape index (κ2) is 7.04. The largest absolute Gasteiger partial charge is 0.381 e. The van der Waals surface area contributed by atoms with Gasteiger partial charge in [-0.05, 0) is 31.9 Å². The zero-order valence-electron chi connectivity index (χ0n) is 12.0. The predicted molar refractivity (Wildman–Crippen MR) is 79.2 cm³/mol. The lowest BCUT2D eigenvalue weighted by Crippen LogP contribution is -2.47. The van der Waals surface area contributed by atoms with Crippen molar-refractivity contribution in [1.29, 1.82) is 0 Å². The molecule has 3 nitrogen and oxygen atoms in total. The highest BCUT2D eigenvalue weighted by molar-refractivity contribution is 5.14. The van der Waals surface area contributed by atoms with Crippen LogP contribution in [0.1, 0.15) is 18.4 Å². The number of hydrogen-bond donors (Lipinski definition) is 1. The molecule has 2 N–H and O–H groups in total. The van der Waals surface area contributed by atoms with Gasteiger partial charge in [0.05, 0.1) is 6.61 Å². The highest BCUT2D eigenvalue weighted by Crippen LogP contribution is 2.28. The smallest absolute Gasteiger partial charge is 0.0546 e. The van der Waals surface area contributed by atoms with Crippen LogP contribution in [0, 0.1) is 5.41 Å². The second-order valence-corrected chi connectivity index (χ2v) is 5.83. The minimum absolute atomic E-state index is 0.170. The summed E-state index contributed by atoms with van der Waals surface area (Å²) in [6, 6.07) is 10.7. The fourth-order valence-corrected chi connectivity index (χ4v) is 2.88. The molecule has 1 aliphatic heterocycles. The van der Waals surface area contributed by atoms with E-state index in [4.69, 9.17) is 10.5 Å². The summed E-state index contributed by atoms with van der Waals surface area (Å²) < 4.78 is 5.63. The van der Waals surface area contributed by atoms with E-state index in [2.05, 4.69) is 42.3 Å². The fraction of sp³-hybridized carbons (Fsp3) is 0.625. The summed E-state index contributed by atoms with van der Waals surface area (Å²) in [4.78, 5) is 2.40. The van der Waals surface area contributed by atoms with E-state index in [1.54, 1.807) is 0 Å². The normalized spacial score (nSPS) is 23.7. The third-order valence-corrected chi connectivity index (χ3v) is 4.07. The van der Waals surface area contributed by atoms with Crippen molar-refractivity contribution < 1.29 is 4.74 Å². The van der Waals surface area contributed by atoms with Crippen molar-refractivity contribution in [2.24, 2.45) is 11.1 Å². The standard InChI is InChI=1S/C16H26N2O/c1-18(10-8-15-6-3-2-4-7-15)13-16(12-17)9-5-11-19-14-16/h2-4,6-7H,5,8-14,17H2,1H3. The number of rotatable bonds is 6. The van der Waals surface area contributed by atoms with Crippen molar-refractivity contribution in [2.45, 2.75) is 19.3 Å². The van der Waals surface area contributed by atoms with E-state index in [0.717, 1.165) is 45.7 Å². The summed E-state index contributed by atoms with van der Waals surface area (Å²) in [5.41, 5.74) is 7.56. The maximum Gasteiger partial charge on any atom is 0.0546 e. The first-order valence-electron chi connectivity index (χ1n) is 7.24. The molecule has 3 heteroatoms. The Morgan fingerprint density at radius 1 is 1.32 bits per heavy atom. The molecule has 1 heterocycles. The molecule has 0 bridgehead atoms. The first-order valence-corrected chi connectivity index (χ1v) is 7.24. The van der Waals surface area contributed by atoms with Crippen LogP contribution in [0.4, 0.5) is 0 Å². The van der Waals surface area contributed by atoms with Gasteiger partial charge in [-0.3, -0.25) is 0 Å². The van der Waals surface area contributed by atoms with E-state index in [0.29, 0.717) is 0 Å². The van der Waals surface area contributed by atoms with Gasteiger partial charge in [-0.1, -0.05) is 30.3 Å². The topological polar surface area (TPSA) is 38.5 Å². The molecule has 0 spiro atoms. The average molecular weight is 262 g/mol. The Kier molecular flexibility index (Phi) is 5.37. The molecular weight excluding hydrogens is 236 g/mol. The van der Waals surface area contributed by atoms with Gasteiger partial charge in [0, 0.05) is 31.7 Å². The summed E-state index contributed by atoms with van der Waals surface area (Å²) in [5, 5.41) is 0. The molecule has 2 rings (SSSR count). The van der Waals surface area contributed by atoms with Crippen LogP contribution in [0.2, 0.25) is 0 Å². The molecule has 1 unspecified atom stereocenters. The van der Waals surface area contributed by atoms with Crippen molar-refractivity contribution in [3.63, 3.8) is 0 Å². The number of hydrogen-bond acceptors (Lipinski definition) is 3. The van der Waals surface area contributed by atoms with Crippen molar-refractivity contribution in [3.05, 3.63) is 35.9 Å². The van der Waals surface area contributed by atoms with Crippen LogP contribution in [0.15, 0.2) is 30.3 Å². The van der Waals surface area contributed by atoms with Crippen LogP contribution in [0.5, 0.6) is 0 Å². The van der Waals surface area contributed by atoms with Gasteiger partial charge in [0.1, 0.15) is 0 Å². The van der Waals surface area contributed by atoms with Gasteiger partial charge < -0.3 is 15.4 Å². The average Bonchev–Trinajstić information content (AvgIpc) is 2.47. The molecule has 19 heavy (non-hydrogen) atoms. The van der Waals surface area contributed by atoms with E-state index < -0.39 is 0 Å². The van der Waals surface area contributed by atoms with E-state index >= 15 is 0 Å². The molecule has 1 aromatic rings. The predicted octanol–water partition coefficient (Wildman–Crippen LogP) is 1.92. The SMILES string of the molecule is CN(CCc1ccccc1)CC1(CN)CCCOC1. The molecule has 1 saturated heterocycles. The Bertz CT molecular complexity index is 360. The first-order chi connectivity index (χ1) is 9.24. The van der Waals surface area contributed by atoms with Crippen molar-refractivity contribution in [1.82, 2.24) is 4.90 Å². The van der Waals surface area contributed by atoms with Crippen LogP contribution in [-0.2, 0) is 11.2 Å². The zero-order chi connectivity index (χ0) is 13.6. The van der Waals surface area contributed by atoms with Gasteiger partial charge in [0.25, 0.3) is 0 Å². The minimum atomic E-state index is 0.170. The van der Waals surface area contributed by atoms with Gasteiger partial charge in [-0.2, -0.15) is 0 Å².